The third-order valence-corrected chi connectivity index (χ3v) is 2.66. The molecule has 1 fully saturated rings. The number of nitrogen functional groups attached to an aromatic ring is 1. The summed E-state index contributed by atoms with van der Waals surface area (Å²) in [5, 5.41) is 0. The minimum atomic E-state index is -0.282. The number of hydrogen-bond acceptors (Lipinski definition) is 4. The molecule has 1 unspecified atom stereocenters. The van der Waals surface area contributed by atoms with E-state index in [9.17, 15) is 4.79 Å². The van der Waals surface area contributed by atoms with Gasteiger partial charge in [0.05, 0.1) is 17.6 Å². The molecule has 80 valence electrons. The van der Waals surface area contributed by atoms with Crippen LogP contribution in [0, 0.1) is 0 Å². The van der Waals surface area contributed by atoms with Crippen molar-refractivity contribution in [2.24, 2.45) is 5.73 Å². The fourth-order valence-electron chi connectivity index (χ4n) is 1.97. The summed E-state index contributed by atoms with van der Waals surface area (Å²) in [6.45, 7) is 0.832. The molecule has 5 heteroatoms. The second-order valence-corrected chi connectivity index (χ2v) is 3.73. The van der Waals surface area contributed by atoms with Crippen molar-refractivity contribution in [2.75, 3.05) is 17.2 Å². The van der Waals surface area contributed by atoms with E-state index in [-0.39, 0.29) is 11.9 Å². The molecule has 0 aliphatic carbocycles. The summed E-state index contributed by atoms with van der Waals surface area (Å²) < 4.78 is 0. The van der Waals surface area contributed by atoms with Crippen LogP contribution in [0.3, 0.4) is 0 Å². The van der Waals surface area contributed by atoms with Crippen LogP contribution in [0.4, 0.5) is 11.4 Å². The summed E-state index contributed by atoms with van der Waals surface area (Å²) in [4.78, 5) is 17.2. The predicted molar refractivity (Wildman–Crippen MR) is 58.2 cm³/mol. The first-order chi connectivity index (χ1) is 7.18. The number of carbonyl (C=O) groups excluding carboxylic acids is 1. The zero-order chi connectivity index (χ0) is 10.8. The largest absolute Gasteiger partial charge is 0.397 e. The van der Waals surface area contributed by atoms with Gasteiger partial charge in [0.1, 0.15) is 6.04 Å². The summed E-state index contributed by atoms with van der Waals surface area (Å²) in [5.41, 5.74) is 12.4. The first-order valence-corrected chi connectivity index (χ1v) is 4.95. The molecule has 1 amide bonds. The summed E-state index contributed by atoms with van der Waals surface area (Å²) in [7, 11) is 0. The summed E-state index contributed by atoms with van der Waals surface area (Å²) in [6, 6.07) is 1.60. The molecule has 0 radical (unpaired) electrons. The van der Waals surface area contributed by atoms with E-state index in [1.807, 2.05) is 11.0 Å². The van der Waals surface area contributed by atoms with Crippen molar-refractivity contribution in [1.82, 2.24) is 4.98 Å². The zero-order valence-corrected chi connectivity index (χ0v) is 8.39. The average Bonchev–Trinajstić information content (AvgIpc) is 2.65. The number of pyridine rings is 1. The highest BCUT2D eigenvalue weighted by Crippen LogP contribution is 2.25. The predicted octanol–water partition coefficient (Wildman–Crippen LogP) is 0.118. The van der Waals surface area contributed by atoms with Crippen LogP contribution in [0.5, 0.6) is 0 Å². The van der Waals surface area contributed by atoms with Gasteiger partial charge in [0.15, 0.2) is 0 Å². The van der Waals surface area contributed by atoms with E-state index in [0.29, 0.717) is 5.69 Å². The Labute approximate surface area is 88.1 Å². The van der Waals surface area contributed by atoms with E-state index in [2.05, 4.69) is 4.98 Å². The fourth-order valence-corrected chi connectivity index (χ4v) is 1.97. The van der Waals surface area contributed by atoms with Crippen molar-refractivity contribution in [3.63, 3.8) is 0 Å². The molecule has 15 heavy (non-hydrogen) atoms. The Morgan fingerprint density at radius 1 is 1.53 bits per heavy atom. The molecule has 5 nitrogen and oxygen atoms in total. The molecule has 1 atom stereocenters. The third-order valence-electron chi connectivity index (χ3n) is 2.66. The maximum atomic E-state index is 11.2. The normalized spacial score (nSPS) is 20.5. The van der Waals surface area contributed by atoms with Crippen molar-refractivity contribution < 1.29 is 4.79 Å². The smallest absolute Gasteiger partial charge is 0.240 e. The van der Waals surface area contributed by atoms with E-state index in [0.717, 1.165) is 25.1 Å². The lowest BCUT2D eigenvalue weighted by atomic mass is 10.2. The lowest BCUT2D eigenvalue weighted by Gasteiger charge is -2.23. The van der Waals surface area contributed by atoms with Crippen LogP contribution in [0.2, 0.25) is 0 Å². The van der Waals surface area contributed by atoms with E-state index >= 15 is 0 Å². The molecule has 1 saturated heterocycles. The van der Waals surface area contributed by atoms with Crippen LogP contribution in [-0.2, 0) is 4.79 Å². The molecule has 0 saturated carbocycles. The number of carbonyl (C=O) groups is 1. The van der Waals surface area contributed by atoms with Gasteiger partial charge in [0.2, 0.25) is 5.91 Å². The number of anilines is 2. The van der Waals surface area contributed by atoms with Gasteiger partial charge in [-0.2, -0.15) is 0 Å². The van der Waals surface area contributed by atoms with Crippen LogP contribution >= 0.6 is 0 Å². The Morgan fingerprint density at radius 2 is 2.33 bits per heavy atom. The third kappa shape index (κ3) is 1.86. The second kappa shape index (κ2) is 3.76. The average molecular weight is 206 g/mol. The van der Waals surface area contributed by atoms with Gasteiger partial charge in [-0.1, -0.05) is 0 Å². The highest BCUT2D eigenvalue weighted by molar-refractivity contribution is 5.84. The summed E-state index contributed by atoms with van der Waals surface area (Å²) in [5.74, 6) is -0.282. The van der Waals surface area contributed by atoms with Gasteiger partial charge in [0.25, 0.3) is 0 Å². The molecule has 0 aromatic carbocycles. The lowest BCUT2D eigenvalue weighted by Crippen LogP contribution is -2.40. The van der Waals surface area contributed by atoms with Crippen LogP contribution < -0.4 is 16.4 Å². The summed E-state index contributed by atoms with van der Waals surface area (Å²) in [6.07, 6.45) is 5.07. The number of aromatic nitrogens is 1. The fraction of sp³-hybridized carbons (Fsp3) is 0.400. The van der Waals surface area contributed by atoms with Gasteiger partial charge < -0.3 is 16.4 Å². The van der Waals surface area contributed by atoms with E-state index in [1.165, 1.54) is 0 Å². The molecular formula is C10H14N4O. The first-order valence-electron chi connectivity index (χ1n) is 4.95. The van der Waals surface area contributed by atoms with Crippen LogP contribution in [-0.4, -0.2) is 23.5 Å². The molecule has 2 rings (SSSR count). The van der Waals surface area contributed by atoms with Crippen molar-refractivity contribution in [1.29, 1.82) is 0 Å². The van der Waals surface area contributed by atoms with E-state index < -0.39 is 0 Å². The number of hydrogen-bond donors (Lipinski definition) is 2. The van der Waals surface area contributed by atoms with Crippen molar-refractivity contribution in [3.05, 3.63) is 18.5 Å². The second-order valence-electron chi connectivity index (χ2n) is 3.73. The number of nitrogens with zero attached hydrogens (tertiary/aromatic N) is 2. The molecule has 1 aliphatic heterocycles. The Morgan fingerprint density at radius 3 is 3.00 bits per heavy atom. The molecule has 1 aromatic heterocycles. The minimum absolute atomic E-state index is 0.214. The van der Waals surface area contributed by atoms with Crippen molar-refractivity contribution >= 4 is 17.3 Å². The Balaban J connectivity index is 2.26. The van der Waals surface area contributed by atoms with E-state index in [1.54, 1.807) is 12.4 Å². The van der Waals surface area contributed by atoms with Gasteiger partial charge in [0, 0.05) is 12.7 Å². The molecule has 0 spiro atoms. The highest BCUT2D eigenvalue weighted by atomic mass is 16.1. The topological polar surface area (TPSA) is 85.2 Å². The minimum Gasteiger partial charge on any atom is -0.397 e. The van der Waals surface area contributed by atoms with Gasteiger partial charge in [-0.3, -0.25) is 9.78 Å². The number of nitrogens with two attached hydrogens (primary N) is 2. The highest BCUT2D eigenvalue weighted by Gasteiger charge is 2.29. The van der Waals surface area contributed by atoms with Crippen molar-refractivity contribution in [3.8, 4) is 0 Å². The van der Waals surface area contributed by atoms with Gasteiger partial charge in [-0.15, -0.1) is 0 Å². The Bertz CT molecular complexity index is 379. The number of rotatable bonds is 2. The van der Waals surface area contributed by atoms with Gasteiger partial charge in [-0.05, 0) is 18.9 Å². The first kappa shape index (κ1) is 9.76. The molecule has 0 bridgehead atoms. The standard InChI is InChI=1S/C10H14N4O/c11-7-4-8(6-13-5-7)14-3-1-2-9(14)10(12)15/h4-6,9H,1-3,11H2,(H2,12,15). The van der Waals surface area contributed by atoms with Gasteiger partial charge in [-0.25, -0.2) is 0 Å². The maximum absolute atomic E-state index is 11.2. The molecule has 1 aromatic rings. The van der Waals surface area contributed by atoms with Gasteiger partial charge >= 0.3 is 0 Å². The van der Waals surface area contributed by atoms with Crippen LogP contribution in [0.1, 0.15) is 12.8 Å². The molecule has 1 aliphatic rings. The lowest BCUT2D eigenvalue weighted by molar-refractivity contribution is -0.119. The SMILES string of the molecule is NC(=O)C1CCCN1c1cncc(N)c1. The van der Waals surface area contributed by atoms with Crippen LogP contribution in [0.15, 0.2) is 18.5 Å². The quantitative estimate of drug-likeness (QED) is 0.719. The zero-order valence-electron chi connectivity index (χ0n) is 8.39. The van der Waals surface area contributed by atoms with Crippen molar-refractivity contribution in [2.45, 2.75) is 18.9 Å². The maximum Gasteiger partial charge on any atom is 0.240 e. The molecule has 4 N–H and O–H groups in total. The Hall–Kier alpha value is -1.78. The monoisotopic (exact) mass is 206 g/mol. The molecular weight excluding hydrogens is 192 g/mol. The van der Waals surface area contributed by atoms with Crippen LogP contribution in [0.25, 0.3) is 0 Å². The number of primary amides is 1. The van der Waals surface area contributed by atoms with E-state index in [4.69, 9.17) is 11.5 Å². The molecule has 2 heterocycles. The Kier molecular flexibility index (Phi) is 2.45. The number of amides is 1. The summed E-state index contributed by atoms with van der Waals surface area (Å²) >= 11 is 0.